The number of hydrogen-bond donors (Lipinski definition) is 2. The Kier molecular flexibility index (Phi) is 6.74. The van der Waals surface area contributed by atoms with Crippen molar-refractivity contribution in [2.24, 2.45) is 10.9 Å². The van der Waals surface area contributed by atoms with E-state index in [4.69, 9.17) is 20.4 Å². The number of amidine groups is 1. The van der Waals surface area contributed by atoms with Gasteiger partial charge in [0.1, 0.15) is 12.4 Å². The quantitative estimate of drug-likeness (QED) is 0.249. The lowest BCUT2D eigenvalue weighted by Gasteiger charge is -2.12. The van der Waals surface area contributed by atoms with Crippen molar-refractivity contribution in [2.45, 2.75) is 32.8 Å². The fraction of sp³-hybridized carbons (Fsp3) is 0.500. The molecule has 0 aromatic heterocycles. The van der Waals surface area contributed by atoms with E-state index in [1.807, 2.05) is 0 Å². The van der Waals surface area contributed by atoms with Gasteiger partial charge in [0.05, 0.1) is 12.7 Å². The third kappa shape index (κ3) is 5.61. The second-order valence-electron chi connectivity index (χ2n) is 4.33. The molecular weight excluding hydrogens is 244 g/mol. The van der Waals surface area contributed by atoms with Crippen molar-refractivity contribution < 1.29 is 14.7 Å². The zero-order chi connectivity index (χ0) is 14.1. The normalized spacial score (nSPS) is 13.3. The molecular formula is C14H22N2O3. The van der Waals surface area contributed by atoms with Gasteiger partial charge in [0.15, 0.2) is 5.84 Å². The van der Waals surface area contributed by atoms with Gasteiger partial charge in [-0.2, -0.15) is 0 Å². The highest BCUT2D eigenvalue weighted by molar-refractivity contribution is 5.97. The molecule has 0 heterocycles. The number of ether oxygens (including phenoxy) is 2. The molecule has 19 heavy (non-hydrogen) atoms. The molecule has 3 N–H and O–H groups in total. The summed E-state index contributed by atoms with van der Waals surface area (Å²) in [6.07, 6.45) is 2.46. The van der Waals surface area contributed by atoms with E-state index < -0.39 is 0 Å². The Morgan fingerprint density at radius 2 is 2.00 bits per heavy atom. The second-order valence-corrected chi connectivity index (χ2v) is 4.33. The molecule has 1 aromatic rings. The zero-order valence-electron chi connectivity index (χ0n) is 11.5. The zero-order valence-corrected chi connectivity index (χ0v) is 11.5. The molecule has 1 unspecified atom stereocenters. The maximum atomic E-state index is 8.54. The van der Waals surface area contributed by atoms with E-state index in [2.05, 4.69) is 19.0 Å². The lowest BCUT2D eigenvalue weighted by molar-refractivity contribution is 0.0395. The SMILES string of the molecule is CCCC(C)OCCOc1ccc(/C(N)=N/O)cc1. The van der Waals surface area contributed by atoms with Crippen LogP contribution in [0.4, 0.5) is 0 Å². The van der Waals surface area contributed by atoms with Crippen molar-refractivity contribution in [3.8, 4) is 5.75 Å². The molecule has 0 amide bonds. The van der Waals surface area contributed by atoms with Crippen molar-refractivity contribution in [3.05, 3.63) is 29.8 Å². The Labute approximate surface area is 114 Å². The number of nitrogens with zero attached hydrogens (tertiary/aromatic N) is 1. The van der Waals surface area contributed by atoms with E-state index in [0.717, 1.165) is 18.6 Å². The molecule has 0 aliphatic carbocycles. The van der Waals surface area contributed by atoms with Gasteiger partial charge in [-0.3, -0.25) is 0 Å². The van der Waals surface area contributed by atoms with Crippen molar-refractivity contribution in [3.63, 3.8) is 0 Å². The Balaban J connectivity index is 2.30. The van der Waals surface area contributed by atoms with E-state index in [-0.39, 0.29) is 11.9 Å². The largest absolute Gasteiger partial charge is 0.491 e. The Morgan fingerprint density at radius 3 is 2.58 bits per heavy atom. The predicted molar refractivity (Wildman–Crippen MR) is 74.8 cm³/mol. The molecule has 5 nitrogen and oxygen atoms in total. The van der Waals surface area contributed by atoms with Gasteiger partial charge < -0.3 is 20.4 Å². The topological polar surface area (TPSA) is 77.1 Å². The van der Waals surface area contributed by atoms with Crippen LogP contribution in [0.2, 0.25) is 0 Å². The molecule has 1 rings (SSSR count). The van der Waals surface area contributed by atoms with Crippen molar-refractivity contribution in [1.82, 2.24) is 0 Å². The molecule has 1 atom stereocenters. The highest BCUT2D eigenvalue weighted by atomic mass is 16.5. The minimum atomic E-state index is 0.0864. The number of oxime groups is 1. The Hall–Kier alpha value is -1.75. The molecule has 0 aliphatic heterocycles. The van der Waals surface area contributed by atoms with Crippen LogP contribution in [-0.2, 0) is 4.74 Å². The van der Waals surface area contributed by atoms with Crippen LogP contribution in [0.15, 0.2) is 29.4 Å². The molecule has 5 heteroatoms. The molecule has 0 fully saturated rings. The average molecular weight is 266 g/mol. The summed E-state index contributed by atoms with van der Waals surface area (Å²) in [5.74, 6) is 0.824. The summed E-state index contributed by atoms with van der Waals surface area (Å²) >= 11 is 0. The third-order valence-corrected chi connectivity index (χ3v) is 2.71. The van der Waals surface area contributed by atoms with E-state index in [1.54, 1.807) is 24.3 Å². The lowest BCUT2D eigenvalue weighted by Crippen LogP contribution is -2.14. The summed E-state index contributed by atoms with van der Waals surface area (Å²) < 4.78 is 11.1. The van der Waals surface area contributed by atoms with Crippen molar-refractivity contribution in [2.75, 3.05) is 13.2 Å². The van der Waals surface area contributed by atoms with E-state index >= 15 is 0 Å². The fourth-order valence-electron chi connectivity index (χ4n) is 1.68. The monoisotopic (exact) mass is 266 g/mol. The Morgan fingerprint density at radius 1 is 1.32 bits per heavy atom. The smallest absolute Gasteiger partial charge is 0.170 e. The van der Waals surface area contributed by atoms with E-state index in [0.29, 0.717) is 18.8 Å². The molecule has 106 valence electrons. The highest BCUT2D eigenvalue weighted by Gasteiger charge is 2.02. The highest BCUT2D eigenvalue weighted by Crippen LogP contribution is 2.12. The molecule has 1 aromatic carbocycles. The van der Waals surface area contributed by atoms with Crippen LogP contribution >= 0.6 is 0 Å². The maximum absolute atomic E-state index is 8.54. The Bertz CT molecular complexity index is 390. The fourth-order valence-corrected chi connectivity index (χ4v) is 1.68. The van der Waals surface area contributed by atoms with Gasteiger partial charge in [-0.15, -0.1) is 0 Å². The van der Waals surface area contributed by atoms with Gasteiger partial charge in [0.25, 0.3) is 0 Å². The molecule has 0 spiro atoms. The second kappa shape index (κ2) is 8.37. The molecule has 0 bridgehead atoms. The van der Waals surface area contributed by atoms with Crippen LogP contribution in [0.3, 0.4) is 0 Å². The third-order valence-electron chi connectivity index (χ3n) is 2.71. The first-order chi connectivity index (χ1) is 9.17. The average Bonchev–Trinajstić information content (AvgIpc) is 2.44. The summed E-state index contributed by atoms with van der Waals surface area (Å²) in [5, 5.41) is 11.5. The van der Waals surface area contributed by atoms with Gasteiger partial charge in [-0.25, -0.2) is 0 Å². The van der Waals surface area contributed by atoms with Gasteiger partial charge in [-0.05, 0) is 37.6 Å². The summed E-state index contributed by atoms with van der Waals surface area (Å²) in [6, 6.07) is 7.04. The van der Waals surface area contributed by atoms with Gasteiger partial charge >= 0.3 is 0 Å². The van der Waals surface area contributed by atoms with Crippen LogP contribution in [0.25, 0.3) is 0 Å². The van der Waals surface area contributed by atoms with E-state index in [1.165, 1.54) is 0 Å². The van der Waals surface area contributed by atoms with Crippen molar-refractivity contribution >= 4 is 5.84 Å². The summed E-state index contributed by atoms with van der Waals surface area (Å²) in [7, 11) is 0. The number of benzene rings is 1. The van der Waals surface area contributed by atoms with Crippen LogP contribution < -0.4 is 10.5 Å². The van der Waals surface area contributed by atoms with Gasteiger partial charge in [0.2, 0.25) is 0 Å². The van der Waals surface area contributed by atoms with Crippen molar-refractivity contribution in [1.29, 1.82) is 0 Å². The number of hydrogen-bond acceptors (Lipinski definition) is 4. The first kappa shape index (κ1) is 15.3. The standard InChI is InChI=1S/C14H22N2O3/c1-3-4-11(2)18-9-10-19-13-7-5-12(6-8-13)14(15)16-17/h5-8,11,17H,3-4,9-10H2,1-2H3,(H2,15,16). The minimum Gasteiger partial charge on any atom is -0.491 e. The lowest BCUT2D eigenvalue weighted by atomic mass is 10.2. The van der Waals surface area contributed by atoms with Gasteiger partial charge in [-0.1, -0.05) is 18.5 Å². The van der Waals surface area contributed by atoms with Crippen LogP contribution in [-0.4, -0.2) is 30.4 Å². The van der Waals surface area contributed by atoms with E-state index in [9.17, 15) is 0 Å². The number of rotatable bonds is 8. The molecule has 0 saturated carbocycles. The molecule has 0 saturated heterocycles. The molecule has 0 radical (unpaired) electrons. The molecule has 0 aliphatic rings. The number of nitrogens with two attached hydrogens (primary N) is 1. The predicted octanol–water partition coefficient (Wildman–Crippen LogP) is 2.37. The first-order valence-corrected chi connectivity index (χ1v) is 6.49. The minimum absolute atomic E-state index is 0.0864. The maximum Gasteiger partial charge on any atom is 0.170 e. The van der Waals surface area contributed by atoms with Crippen LogP contribution in [0.1, 0.15) is 32.3 Å². The van der Waals surface area contributed by atoms with Crippen LogP contribution in [0, 0.1) is 0 Å². The summed E-state index contributed by atoms with van der Waals surface area (Å²) in [6.45, 7) is 5.29. The summed E-state index contributed by atoms with van der Waals surface area (Å²) in [4.78, 5) is 0. The summed E-state index contributed by atoms with van der Waals surface area (Å²) in [5.41, 5.74) is 6.12. The van der Waals surface area contributed by atoms with Gasteiger partial charge in [0, 0.05) is 5.56 Å². The van der Waals surface area contributed by atoms with Crippen LogP contribution in [0.5, 0.6) is 5.75 Å². The first-order valence-electron chi connectivity index (χ1n) is 6.49.